The van der Waals surface area contributed by atoms with Crippen molar-refractivity contribution in [2.45, 2.75) is 6.61 Å². The number of aliphatic carboxylic acids is 1. The molecule has 2 rings (SSSR count). The monoisotopic (exact) mass is 357 g/mol. The van der Waals surface area contributed by atoms with Crippen molar-refractivity contribution in [3.8, 4) is 11.8 Å². The second kappa shape index (κ2) is 7.99. The Bertz CT molecular complexity index is 899. The maximum absolute atomic E-state index is 11.1. The molecule has 0 atom stereocenters. The molecule has 6 nitrogen and oxygen atoms in total. The van der Waals surface area contributed by atoms with Crippen molar-refractivity contribution in [3.63, 3.8) is 0 Å². The van der Waals surface area contributed by atoms with E-state index in [2.05, 4.69) is 0 Å². The Kier molecular flexibility index (Phi) is 5.77. The maximum atomic E-state index is 11.1. The Morgan fingerprint density at radius 2 is 1.92 bits per heavy atom. The van der Waals surface area contributed by atoms with Crippen LogP contribution >= 0.6 is 11.6 Å². The average Bonchev–Trinajstić information content (AvgIpc) is 2.60. The Balaban J connectivity index is 2.18. The van der Waals surface area contributed by atoms with E-state index < -0.39 is 17.5 Å². The third kappa shape index (κ3) is 4.59. The van der Waals surface area contributed by atoms with Gasteiger partial charge in [0.1, 0.15) is 24.2 Å². The van der Waals surface area contributed by atoms with Crippen molar-refractivity contribution in [2.75, 3.05) is 0 Å². The van der Waals surface area contributed by atoms with E-state index in [0.29, 0.717) is 28.0 Å². The molecule has 0 aliphatic rings. The van der Waals surface area contributed by atoms with Gasteiger partial charge >= 0.3 is 5.97 Å². The first kappa shape index (κ1) is 18.0. The summed E-state index contributed by atoms with van der Waals surface area (Å²) in [5.41, 5.74) is 1.13. The van der Waals surface area contributed by atoms with Crippen molar-refractivity contribution >= 4 is 29.1 Å². The second-order valence-electron chi connectivity index (χ2n) is 4.90. The van der Waals surface area contributed by atoms with Gasteiger partial charge in [-0.1, -0.05) is 35.9 Å². The van der Waals surface area contributed by atoms with Crippen LogP contribution in [0.25, 0.3) is 5.76 Å². The van der Waals surface area contributed by atoms with E-state index in [1.807, 2.05) is 6.07 Å². The van der Waals surface area contributed by atoms with Gasteiger partial charge in [0, 0.05) is 17.2 Å². The molecule has 0 saturated heterocycles. The normalized spacial score (nSPS) is 10.8. The molecule has 7 heteroatoms. The van der Waals surface area contributed by atoms with Gasteiger partial charge in [-0.05, 0) is 18.2 Å². The number of benzene rings is 2. The minimum atomic E-state index is -1.66. The zero-order valence-electron chi connectivity index (χ0n) is 12.8. The van der Waals surface area contributed by atoms with Gasteiger partial charge in [-0.3, -0.25) is 4.79 Å². The van der Waals surface area contributed by atoms with Gasteiger partial charge in [0.05, 0.1) is 10.6 Å². The molecule has 126 valence electrons. The number of ether oxygens (including phenoxy) is 1. The number of nitriles is 1. The van der Waals surface area contributed by atoms with E-state index >= 15 is 0 Å². The fourth-order valence-electron chi connectivity index (χ4n) is 1.99. The zero-order valence-corrected chi connectivity index (χ0v) is 13.5. The molecule has 0 saturated carbocycles. The van der Waals surface area contributed by atoms with E-state index in [0.717, 1.165) is 0 Å². The second-order valence-corrected chi connectivity index (χ2v) is 5.31. The number of carboxylic acid groups (broad SMARTS) is 1. The molecule has 0 spiro atoms. The number of carboxylic acids is 1. The minimum absolute atomic E-state index is 0.0748. The molecule has 0 aliphatic heterocycles. The van der Waals surface area contributed by atoms with E-state index in [4.69, 9.17) is 26.7 Å². The van der Waals surface area contributed by atoms with Gasteiger partial charge in [0.2, 0.25) is 0 Å². The van der Waals surface area contributed by atoms with Crippen molar-refractivity contribution in [1.29, 1.82) is 5.26 Å². The van der Waals surface area contributed by atoms with Crippen LogP contribution in [0.5, 0.6) is 5.75 Å². The molecule has 0 bridgehead atoms. The van der Waals surface area contributed by atoms with Gasteiger partial charge in [0.15, 0.2) is 0 Å². The highest BCUT2D eigenvalue weighted by Gasteiger charge is 2.11. The molecule has 0 aromatic heterocycles. The number of hydrogen-bond donors (Lipinski definition) is 2. The number of nitrogens with zero attached hydrogens (tertiary/aromatic N) is 1. The molecule has 2 N–H and O–H groups in total. The number of carbonyl (C=O) groups is 2. The largest absolute Gasteiger partial charge is 0.507 e. The molecular weight excluding hydrogens is 346 g/mol. The van der Waals surface area contributed by atoms with Gasteiger partial charge in [0.25, 0.3) is 5.78 Å². The van der Waals surface area contributed by atoms with Crippen LogP contribution in [-0.2, 0) is 16.2 Å². The van der Waals surface area contributed by atoms with Crippen LogP contribution in [0.1, 0.15) is 16.7 Å². The van der Waals surface area contributed by atoms with Gasteiger partial charge in [-0.25, -0.2) is 4.79 Å². The number of ketones is 1. The van der Waals surface area contributed by atoms with Crippen LogP contribution in [0, 0.1) is 11.3 Å². The van der Waals surface area contributed by atoms with Crippen LogP contribution in [0.3, 0.4) is 0 Å². The number of rotatable bonds is 6. The summed E-state index contributed by atoms with van der Waals surface area (Å²) in [6.07, 6.45) is 0.617. The fourth-order valence-corrected chi connectivity index (χ4v) is 2.23. The standard InChI is InChI=1S/C18H12ClNO5/c19-15-6-2-4-12(14(15)9-20)10-25-13-5-1-3-11(7-13)16(21)8-17(22)18(23)24/h1-8,21H,10H2,(H,23,24). The Hall–Kier alpha value is -3.30. The molecule has 0 amide bonds. The van der Waals surface area contributed by atoms with E-state index in [9.17, 15) is 14.7 Å². The number of carbonyl (C=O) groups excluding carboxylic acids is 1. The summed E-state index contributed by atoms with van der Waals surface area (Å²) < 4.78 is 5.58. The van der Waals surface area contributed by atoms with Crippen molar-refractivity contribution in [2.24, 2.45) is 0 Å². The van der Waals surface area contributed by atoms with Gasteiger partial charge in [-0.15, -0.1) is 0 Å². The lowest BCUT2D eigenvalue weighted by Crippen LogP contribution is -2.09. The Labute approximate surface area is 148 Å². The topological polar surface area (TPSA) is 108 Å². The highest BCUT2D eigenvalue weighted by molar-refractivity contribution is 6.38. The summed E-state index contributed by atoms with van der Waals surface area (Å²) in [4.78, 5) is 21.6. The molecule has 2 aromatic rings. The first-order valence-corrected chi connectivity index (χ1v) is 7.39. The molecule has 0 aliphatic carbocycles. The smallest absolute Gasteiger partial charge is 0.376 e. The quantitative estimate of drug-likeness (QED) is 0.466. The summed E-state index contributed by atoms with van der Waals surface area (Å²) in [6.45, 7) is 0.0748. The Morgan fingerprint density at radius 3 is 2.60 bits per heavy atom. The highest BCUT2D eigenvalue weighted by atomic mass is 35.5. The average molecular weight is 358 g/mol. The minimum Gasteiger partial charge on any atom is -0.507 e. The zero-order chi connectivity index (χ0) is 18.4. The SMILES string of the molecule is N#Cc1c(Cl)cccc1COc1cccc(C(O)=CC(=O)C(=O)O)c1. The summed E-state index contributed by atoms with van der Waals surface area (Å²) in [6, 6.07) is 13.1. The summed E-state index contributed by atoms with van der Waals surface area (Å²) in [5, 5.41) is 27.8. The number of halogens is 1. The van der Waals surface area contributed by atoms with Crippen molar-refractivity contribution < 1.29 is 24.5 Å². The fraction of sp³-hybridized carbons (Fsp3) is 0.0556. The van der Waals surface area contributed by atoms with E-state index in [-0.39, 0.29) is 12.2 Å². The summed E-state index contributed by atoms with van der Waals surface area (Å²) in [7, 11) is 0. The lowest BCUT2D eigenvalue weighted by atomic mass is 10.1. The van der Waals surface area contributed by atoms with E-state index in [1.54, 1.807) is 30.3 Å². The lowest BCUT2D eigenvalue weighted by molar-refractivity contribution is -0.146. The molecule has 0 unspecified atom stereocenters. The maximum Gasteiger partial charge on any atom is 0.376 e. The van der Waals surface area contributed by atoms with Crippen LogP contribution in [0.2, 0.25) is 5.02 Å². The summed E-state index contributed by atoms with van der Waals surface area (Å²) in [5.74, 6) is -3.02. The molecular formula is C18H12ClNO5. The molecule has 0 heterocycles. The lowest BCUT2D eigenvalue weighted by Gasteiger charge is -2.09. The highest BCUT2D eigenvalue weighted by Crippen LogP contribution is 2.23. The Morgan fingerprint density at radius 1 is 1.20 bits per heavy atom. The van der Waals surface area contributed by atoms with Crippen LogP contribution in [-0.4, -0.2) is 22.0 Å². The van der Waals surface area contributed by atoms with Gasteiger partial charge in [-0.2, -0.15) is 5.26 Å². The predicted octanol–water partition coefficient (Wildman–Crippen LogP) is 3.34. The number of aliphatic hydroxyl groups is 1. The molecule has 0 radical (unpaired) electrons. The predicted molar refractivity (Wildman–Crippen MR) is 90.2 cm³/mol. The van der Waals surface area contributed by atoms with Crippen LogP contribution < -0.4 is 4.74 Å². The first-order chi connectivity index (χ1) is 11.9. The number of aliphatic hydroxyl groups excluding tert-OH is 1. The summed E-state index contributed by atoms with van der Waals surface area (Å²) >= 11 is 5.95. The first-order valence-electron chi connectivity index (χ1n) is 7.01. The third-order valence-corrected chi connectivity index (χ3v) is 3.53. The van der Waals surface area contributed by atoms with Crippen molar-refractivity contribution in [3.05, 3.63) is 70.3 Å². The molecule has 25 heavy (non-hydrogen) atoms. The van der Waals surface area contributed by atoms with Crippen LogP contribution in [0.4, 0.5) is 0 Å². The van der Waals surface area contributed by atoms with Crippen LogP contribution in [0.15, 0.2) is 48.5 Å². The van der Waals surface area contributed by atoms with Crippen molar-refractivity contribution in [1.82, 2.24) is 0 Å². The number of hydrogen-bond acceptors (Lipinski definition) is 5. The third-order valence-electron chi connectivity index (χ3n) is 3.21. The molecule has 2 aromatic carbocycles. The molecule has 0 fully saturated rings. The van der Waals surface area contributed by atoms with E-state index in [1.165, 1.54) is 12.1 Å². The van der Waals surface area contributed by atoms with Gasteiger partial charge < -0.3 is 14.9 Å².